The van der Waals surface area contributed by atoms with Crippen molar-refractivity contribution in [3.8, 4) is 0 Å². The van der Waals surface area contributed by atoms with Crippen molar-refractivity contribution < 1.29 is 19.1 Å². The molecule has 0 spiro atoms. The average molecular weight is 229 g/mol. The lowest BCUT2D eigenvalue weighted by molar-refractivity contribution is 0.0599. The maximum absolute atomic E-state index is 11.3. The second-order valence-corrected chi connectivity index (χ2v) is 3.80. The Hall–Kier alpha value is -1.56. The molecule has 0 aliphatic rings. The summed E-state index contributed by atoms with van der Waals surface area (Å²) >= 11 is 0.977. The Labute approximate surface area is 90.8 Å². The Kier molecular flexibility index (Phi) is 3.31. The van der Waals surface area contributed by atoms with Crippen molar-refractivity contribution in [1.29, 1.82) is 0 Å². The Bertz CT molecular complexity index is 374. The molecule has 0 radical (unpaired) electrons. The molecule has 0 aliphatic heterocycles. The second kappa shape index (κ2) is 4.31. The molecule has 1 heterocycles. The van der Waals surface area contributed by atoms with Gasteiger partial charge in [0, 0.05) is 0 Å². The molecule has 5 nitrogen and oxygen atoms in total. The minimum absolute atomic E-state index is 0.232. The summed E-state index contributed by atoms with van der Waals surface area (Å²) in [5.41, 5.74) is 6.49. The van der Waals surface area contributed by atoms with Crippen molar-refractivity contribution in [2.75, 3.05) is 20.0 Å². The third-order valence-electron chi connectivity index (χ3n) is 1.93. The first kappa shape index (κ1) is 11.5. The van der Waals surface area contributed by atoms with Gasteiger partial charge >= 0.3 is 11.9 Å². The number of carbonyl (C=O) groups excluding carboxylic acids is 2. The molecule has 0 amide bonds. The molecule has 0 saturated carbocycles. The molecule has 82 valence electrons. The fourth-order valence-electron chi connectivity index (χ4n) is 1.06. The quantitative estimate of drug-likeness (QED) is 0.771. The van der Waals surface area contributed by atoms with Crippen LogP contribution in [0.2, 0.25) is 0 Å². The number of rotatable bonds is 2. The van der Waals surface area contributed by atoms with Crippen LogP contribution in [0.4, 0.5) is 5.69 Å². The first-order valence-electron chi connectivity index (χ1n) is 4.08. The van der Waals surface area contributed by atoms with Gasteiger partial charge in [-0.05, 0) is 12.5 Å². The van der Waals surface area contributed by atoms with Crippen LogP contribution in [-0.2, 0) is 9.47 Å². The first-order chi connectivity index (χ1) is 7.02. The van der Waals surface area contributed by atoms with E-state index in [9.17, 15) is 9.59 Å². The van der Waals surface area contributed by atoms with E-state index in [0.717, 1.165) is 11.3 Å². The predicted octanol–water partition coefficient (Wildman–Crippen LogP) is 1.21. The number of ether oxygens (including phenoxy) is 2. The zero-order valence-corrected chi connectivity index (χ0v) is 9.44. The lowest BCUT2D eigenvalue weighted by Crippen LogP contribution is -2.02. The Morgan fingerprint density at radius 3 is 2.07 bits per heavy atom. The van der Waals surface area contributed by atoms with Gasteiger partial charge in [0.25, 0.3) is 0 Å². The molecule has 0 unspecified atom stereocenters. The van der Waals surface area contributed by atoms with E-state index in [-0.39, 0.29) is 10.6 Å². The molecular weight excluding hydrogens is 218 g/mol. The number of hydrogen-bond donors (Lipinski definition) is 1. The normalized spacial score (nSPS) is 9.80. The van der Waals surface area contributed by atoms with Crippen LogP contribution < -0.4 is 5.73 Å². The Balaban J connectivity index is 3.24. The topological polar surface area (TPSA) is 78.6 Å². The summed E-state index contributed by atoms with van der Waals surface area (Å²) in [5, 5.41) is 0. The highest BCUT2D eigenvalue weighted by atomic mass is 32.1. The van der Waals surface area contributed by atoms with E-state index in [2.05, 4.69) is 9.47 Å². The maximum Gasteiger partial charge on any atom is 0.350 e. The maximum atomic E-state index is 11.3. The van der Waals surface area contributed by atoms with Gasteiger partial charge in [0.05, 0.1) is 19.9 Å². The van der Waals surface area contributed by atoms with Crippen molar-refractivity contribution in [3.05, 3.63) is 15.3 Å². The van der Waals surface area contributed by atoms with E-state index < -0.39 is 11.9 Å². The van der Waals surface area contributed by atoms with Crippen molar-refractivity contribution in [2.24, 2.45) is 0 Å². The molecule has 0 atom stereocenters. The van der Waals surface area contributed by atoms with Crippen LogP contribution in [-0.4, -0.2) is 26.2 Å². The third kappa shape index (κ3) is 1.94. The zero-order chi connectivity index (χ0) is 11.6. The lowest BCUT2D eigenvalue weighted by atomic mass is 10.2. The van der Waals surface area contributed by atoms with Crippen LogP contribution in [0.3, 0.4) is 0 Å². The van der Waals surface area contributed by atoms with E-state index in [1.54, 1.807) is 6.92 Å². The molecule has 0 aliphatic carbocycles. The summed E-state index contributed by atoms with van der Waals surface area (Å²) in [6.07, 6.45) is 0. The SMILES string of the molecule is COC(=O)c1sc(C(=O)OC)c(N)c1C. The standard InChI is InChI=1S/C9H11NO4S/c1-4-5(10)7(9(12)14-3)15-6(4)8(11)13-2/h10H2,1-3H3. The number of thiophene rings is 1. The Morgan fingerprint density at radius 1 is 1.13 bits per heavy atom. The molecule has 1 aromatic rings. The minimum atomic E-state index is -0.546. The monoisotopic (exact) mass is 229 g/mol. The summed E-state index contributed by atoms with van der Waals surface area (Å²) in [5.74, 6) is -1.05. The van der Waals surface area contributed by atoms with Crippen LogP contribution >= 0.6 is 11.3 Å². The highest BCUT2D eigenvalue weighted by molar-refractivity contribution is 7.16. The molecule has 0 bridgehead atoms. The minimum Gasteiger partial charge on any atom is -0.465 e. The van der Waals surface area contributed by atoms with Crippen molar-refractivity contribution in [3.63, 3.8) is 0 Å². The van der Waals surface area contributed by atoms with Gasteiger partial charge in [0.15, 0.2) is 0 Å². The number of hydrogen-bond acceptors (Lipinski definition) is 6. The summed E-state index contributed by atoms with van der Waals surface area (Å²) in [6.45, 7) is 1.66. The predicted molar refractivity (Wildman–Crippen MR) is 56.1 cm³/mol. The number of anilines is 1. The molecule has 6 heteroatoms. The van der Waals surface area contributed by atoms with Crippen molar-refractivity contribution in [2.45, 2.75) is 6.92 Å². The summed E-state index contributed by atoms with van der Waals surface area (Å²) in [6, 6.07) is 0. The lowest BCUT2D eigenvalue weighted by Gasteiger charge is -1.96. The van der Waals surface area contributed by atoms with Gasteiger partial charge in [0.1, 0.15) is 9.75 Å². The van der Waals surface area contributed by atoms with E-state index in [1.165, 1.54) is 14.2 Å². The summed E-state index contributed by atoms with van der Waals surface area (Å²) in [4.78, 5) is 23.1. The van der Waals surface area contributed by atoms with Crippen molar-refractivity contribution >= 4 is 29.0 Å². The molecule has 0 fully saturated rings. The average Bonchev–Trinajstić information content (AvgIpc) is 2.54. The molecule has 2 N–H and O–H groups in total. The molecule has 1 aromatic heterocycles. The number of nitrogens with two attached hydrogens (primary N) is 1. The van der Waals surface area contributed by atoms with Gasteiger partial charge in [-0.2, -0.15) is 0 Å². The Morgan fingerprint density at radius 2 is 1.60 bits per heavy atom. The second-order valence-electron chi connectivity index (χ2n) is 2.78. The number of nitrogen functional groups attached to an aromatic ring is 1. The van der Waals surface area contributed by atoms with Crippen LogP contribution in [0.15, 0.2) is 0 Å². The van der Waals surface area contributed by atoms with Crippen LogP contribution in [0.5, 0.6) is 0 Å². The largest absolute Gasteiger partial charge is 0.465 e. The van der Waals surface area contributed by atoms with Gasteiger partial charge in [0.2, 0.25) is 0 Å². The molecule has 0 saturated heterocycles. The molecule has 1 rings (SSSR count). The number of carbonyl (C=O) groups is 2. The number of esters is 2. The van der Waals surface area contributed by atoms with Gasteiger partial charge < -0.3 is 15.2 Å². The van der Waals surface area contributed by atoms with Crippen LogP contribution in [0, 0.1) is 6.92 Å². The fraction of sp³-hybridized carbons (Fsp3) is 0.333. The van der Waals surface area contributed by atoms with Gasteiger partial charge in [-0.25, -0.2) is 9.59 Å². The van der Waals surface area contributed by atoms with E-state index in [1.807, 2.05) is 0 Å². The molecular formula is C9H11NO4S. The van der Waals surface area contributed by atoms with Gasteiger partial charge in [-0.3, -0.25) is 0 Å². The highest BCUT2D eigenvalue weighted by Gasteiger charge is 2.23. The smallest absolute Gasteiger partial charge is 0.350 e. The molecule has 15 heavy (non-hydrogen) atoms. The number of methoxy groups -OCH3 is 2. The fourth-order valence-corrected chi connectivity index (χ4v) is 2.12. The van der Waals surface area contributed by atoms with Crippen molar-refractivity contribution in [1.82, 2.24) is 0 Å². The summed E-state index contributed by atoms with van der Waals surface area (Å²) in [7, 11) is 2.53. The first-order valence-corrected chi connectivity index (χ1v) is 4.90. The van der Waals surface area contributed by atoms with Crippen LogP contribution in [0.1, 0.15) is 24.9 Å². The van der Waals surface area contributed by atoms with E-state index in [0.29, 0.717) is 10.4 Å². The zero-order valence-electron chi connectivity index (χ0n) is 8.62. The van der Waals surface area contributed by atoms with Gasteiger partial charge in [-0.1, -0.05) is 0 Å². The highest BCUT2D eigenvalue weighted by Crippen LogP contribution is 2.31. The third-order valence-corrected chi connectivity index (χ3v) is 3.20. The van der Waals surface area contributed by atoms with E-state index >= 15 is 0 Å². The van der Waals surface area contributed by atoms with Gasteiger partial charge in [-0.15, -0.1) is 11.3 Å². The molecule has 0 aromatic carbocycles. The van der Waals surface area contributed by atoms with E-state index in [4.69, 9.17) is 5.73 Å². The summed E-state index contributed by atoms with van der Waals surface area (Å²) < 4.78 is 9.10. The van der Waals surface area contributed by atoms with Crippen LogP contribution in [0.25, 0.3) is 0 Å².